The zero-order valence-corrected chi connectivity index (χ0v) is 16.1. The Labute approximate surface area is 168 Å². The fraction of sp³-hybridized carbons (Fsp3) is 0.238. The second-order valence-electron chi connectivity index (χ2n) is 6.76. The van der Waals surface area contributed by atoms with E-state index in [0.29, 0.717) is 29.7 Å². The van der Waals surface area contributed by atoms with E-state index in [1.54, 1.807) is 4.68 Å². The zero-order valence-electron chi connectivity index (χ0n) is 16.1. The molecule has 0 fully saturated rings. The van der Waals surface area contributed by atoms with E-state index in [0.717, 1.165) is 12.0 Å². The maximum atomic E-state index is 13.3. The average Bonchev–Trinajstić information content (AvgIpc) is 3.20. The smallest absolute Gasteiger partial charge is 0.247 e. The fourth-order valence-electron chi connectivity index (χ4n) is 3.44. The number of rotatable bonds is 6. The molecular formula is C21H22N6O2. The highest BCUT2D eigenvalue weighted by Crippen LogP contribution is 2.40. The highest BCUT2D eigenvalue weighted by atomic mass is 16.5. The van der Waals surface area contributed by atoms with Crippen LogP contribution in [0, 0.1) is 5.92 Å². The van der Waals surface area contributed by atoms with E-state index in [9.17, 15) is 4.79 Å². The van der Waals surface area contributed by atoms with Gasteiger partial charge in [0.1, 0.15) is 17.7 Å². The zero-order chi connectivity index (χ0) is 20.2. The van der Waals surface area contributed by atoms with Crippen molar-refractivity contribution in [2.24, 2.45) is 5.92 Å². The van der Waals surface area contributed by atoms with Gasteiger partial charge in [-0.2, -0.15) is 0 Å². The van der Waals surface area contributed by atoms with Crippen molar-refractivity contribution in [2.45, 2.75) is 19.4 Å². The number of carbonyl (C=O) groups excluding carboxylic acids is 1. The second kappa shape index (κ2) is 8.14. The Kier molecular flexibility index (Phi) is 5.24. The largest absolute Gasteiger partial charge is 0.493 e. The Hall–Kier alpha value is -3.68. The predicted molar refractivity (Wildman–Crippen MR) is 110 cm³/mol. The summed E-state index contributed by atoms with van der Waals surface area (Å²) >= 11 is 0. The summed E-state index contributed by atoms with van der Waals surface area (Å²) < 4.78 is 7.56. The first-order valence-electron chi connectivity index (χ1n) is 9.50. The maximum Gasteiger partial charge on any atom is 0.247 e. The topological polar surface area (TPSA) is 94.0 Å². The number of aromatic nitrogens is 4. The van der Waals surface area contributed by atoms with Crippen LogP contribution < -0.4 is 15.4 Å². The number of carbonyl (C=O) groups is 1. The summed E-state index contributed by atoms with van der Waals surface area (Å²) in [6, 6.07) is 16.5. The first kappa shape index (κ1) is 18.7. The Balaban J connectivity index is 1.76. The number of para-hydroxylation sites is 2. The van der Waals surface area contributed by atoms with Crippen LogP contribution in [0.3, 0.4) is 0 Å². The van der Waals surface area contributed by atoms with Crippen molar-refractivity contribution < 1.29 is 9.53 Å². The third-order valence-electron chi connectivity index (χ3n) is 4.74. The minimum Gasteiger partial charge on any atom is -0.493 e. The number of amides is 1. The summed E-state index contributed by atoms with van der Waals surface area (Å²) in [6.07, 6.45) is 0.876. The normalized spacial score (nSPS) is 17.9. The number of nitrogens with zero attached hydrogens (tertiary/aromatic N) is 4. The van der Waals surface area contributed by atoms with Gasteiger partial charge in [-0.1, -0.05) is 55.0 Å². The van der Waals surface area contributed by atoms with Gasteiger partial charge >= 0.3 is 0 Å². The van der Waals surface area contributed by atoms with Crippen LogP contribution in [0.1, 0.15) is 24.9 Å². The fourth-order valence-corrected chi connectivity index (χ4v) is 3.44. The highest BCUT2D eigenvalue weighted by molar-refractivity contribution is 5.95. The van der Waals surface area contributed by atoms with E-state index in [1.165, 1.54) is 0 Å². The van der Waals surface area contributed by atoms with E-state index in [-0.39, 0.29) is 5.91 Å². The van der Waals surface area contributed by atoms with Gasteiger partial charge in [0.25, 0.3) is 0 Å². The van der Waals surface area contributed by atoms with E-state index in [1.807, 2.05) is 61.5 Å². The molecule has 2 N–H and O–H groups in total. The molecular weight excluding hydrogens is 368 g/mol. The van der Waals surface area contributed by atoms with E-state index < -0.39 is 12.0 Å². The van der Waals surface area contributed by atoms with Gasteiger partial charge in [-0.3, -0.25) is 4.79 Å². The van der Waals surface area contributed by atoms with Gasteiger partial charge in [-0.25, -0.2) is 4.68 Å². The lowest BCUT2D eigenvalue weighted by Gasteiger charge is -2.33. The van der Waals surface area contributed by atoms with Crippen molar-refractivity contribution in [3.63, 3.8) is 0 Å². The van der Waals surface area contributed by atoms with Gasteiger partial charge in [0, 0.05) is 16.9 Å². The summed E-state index contributed by atoms with van der Waals surface area (Å²) in [5, 5.41) is 17.9. The van der Waals surface area contributed by atoms with Gasteiger partial charge in [-0.15, -0.1) is 0 Å². The van der Waals surface area contributed by atoms with Crippen molar-refractivity contribution in [3.05, 3.63) is 72.4 Å². The van der Waals surface area contributed by atoms with Crippen LogP contribution in [0.15, 0.2) is 66.9 Å². The molecule has 29 heavy (non-hydrogen) atoms. The van der Waals surface area contributed by atoms with Crippen molar-refractivity contribution in [1.82, 2.24) is 20.2 Å². The van der Waals surface area contributed by atoms with Crippen LogP contribution in [-0.4, -0.2) is 32.7 Å². The molecule has 2 heterocycles. The monoisotopic (exact) mass is 390 g/mol. The summed E-state index contributed by atoms with van der Waals surface area (Å²) in [6.45, 7) is 6.70. The van der Waals surface area contributed by atoms with Crippen molar-refractivity contribution in [1.29, 1.82) is 0 Å². The number of benzene rings is 2. The molecule has 0 spiro atoms. The molecule has 0 aliphatic carbocycles. The quantitative estimate of drug-likeness (QED) is 0.671. The molecule has 0 bridgehead atoms. The molecule has 1 aliphatic heterocycles. The lowest BCUT2D eigenvalue weighted by Crippen LogP contribution is -2.39. The van der Waals surface area contributed by atoms with Crippen LogP contribution in [0.5, 0.6) is 5.75 Å². The van der Waals surface area contributed by atoms with Gasteiger partial charge < -0.3 is 15.4 Å². The van der Waals surface area contributed by atoms with Crippen LogP contribution in [0.2, 0.25) is 0 Å². The standard InChI is InChI=1S/C21H22N6O2/c1-3-13-29-17-12-8-7-11-16(17)19-18(14(2)22-21-24-25-26-27(19)21)20(28)23-15-9-5-4-6-10-15/h4-12,18-19H,2-3,13H2,1H3,(H,23,28)(H,22,24,26). The van der Waals surface area contributed by atoms with Gasteiger partial charge in [-0.05, 0) is 35.0 Å². The second-order valence-corrected chi connectivity index (χ2v) is 6.76. The number of nitrogens with one attached hydrogen (secondary N) is 2. The molecule has 2 unspecified atom stereocenters. The van der Waals surface area contributed by atoms with Crippen LogP contribution in [0.25, 0.3) is 0 Å². The third kappa shape index (κ3) is 3.69. The maximum absolute atomic E-state index is 13.3. The number of hydrogen-bond donors (Lipinski definition) is 2. The molecule has 148 valence electrons. The Bertz CT molecular complexity index is 1020. The molecule has 3 aromatic rings. The summed E-state index contributed by atoms with van der Waals surface area (Å²) in [5.41, 5.74) is 2.06. The summed E-state index contributed by atoms with van der Waals surface area (Å²) in [4.78, 5) is 13.3. The highest BCUT2D eigenvalue weighted by Gasteiger charge is 2.41. The first-order chi connectivity index (χ1) is 14.2. The summed E-state index contributed by atoms with van der Waals surface area (Å²) in [7, 11) is 0. The lowest BCUT2D eigenvalue weighted by atomic mass is 9.88. The molecule has 2 aromatic carbocycles. The predicted octanol–water partition coefficient (Wildman–Crippen LogP) is 3.25. The molecule has 0 radical (unpaired) electrons. The third-order valence-corrected chi connectivity index (χ3v) is 4.74. The molecule has 1 aromatic heterocycles. The lowest BCUT2D eigenvalue weighted by molar-refractivity contribution is -0.119. The molecule has 1 amide bonds. The van der Waals surface area contributed by atoms with Crippen molar-refractivity contribution in [2.75, 3.05) is 17.2 Å². The number of anilines is 2. The number of tetrazole rings is 1. The molecule has 8 heteroatoms. The van der Waals surface area contributed by atoms with Crippen LogP contribution in [0.4, 0.5) is 11.6 Å². The van der Waals surface area contributed by atoms with Crippen LogP contribution >= 0.6 is 0 Å². The van der Waals surface area contributed by atoms with E-state index >= 15 is 0 Å². The minimum atomic E-state index is -0.641. The SMILES string of the molecule is C=C1Nc2nnnn2C(c2ccccc2OCCC)C1C(=O)Nc1ccccc1. The van der Waals surface area contributed by atoms with E-state index in [4.69, 9.17) is 4.74 Å². The molecule has 4 rings (SSSR count). The number of hydrogen-bond acceptors (Lipinski definition) is 6. The molecule has 2 atom stereocenters. The molecule has 8 nitrogen and oxygen atoms in total. The Morgan fingerprint density at radius 3 is 2.76 bits per heavy atom. The van der Waals surface area contributed by atoms with E-state index in [2.05, 4.69) is 32.7 Å². The molecule has 0 saturated heterocycles. The van der Waals surface area contributed by atoms with Gasteiger partial charge in [0.2, 0.25) is 11.9 Å². The number of fused-ring (bicyclic) bond motifs is 1. The number of ether oxygens (including phenoxy) is 1. The first-order valence-corrected chi connectivity index (χ1v) is 9.50. The minimum absolute atomic E-state index is 0.204. The van der Waals surface area contributed by atoms with Crippen LogP contribution in [-0.2, 0) is 4.79 Å². The average molecular weight is 390 g/mol. The van der Waals surface area contributed by atoms with Gasteiger partial charge in [0.15, 0.2) is 0 Å². The molecule has 0 saturated carbocycles. The summed E-state index contributed by atoms with van der Waals surface area (Å²) in [5.74, 6) is 0.296. The Morgan fingerprint density at radius 2 is 1.97 bits per heavy atom. The molecule has 1 aliphatic rings. The van der Waals surface area contributed by atoms with Crippen molar-refractivity contribution in [3.8, 4) is 5.75 Å². The Morgan fingerprint density at radius 1 is 1.21 bits per heavy atom. The van der Waals surface area contributed by atoms with Crippen molar-refractivity contribution >= 4 is 17.5 Å². The van der Waals surface area contributed by atoms with Gasteiger partial charge in [0.05, 0.1) is 6.61 Å².